The minimum atomic E-state index is -1.85. The first-order valence-corrected chi connectivity index (χ1v) is 24.0. The molecule has 0 aliphatic heterocycles. The van der Waals surface area contributed by atoms with E-state index >= 15 is 0 Å². The number of benzene rings is 4. The molecule has 0 radical (unpaired) electrons. The Bertz CT molecular complexity index is 2330. The third-order valence-electron chi connectivity index (χ3n) is 11.4. The highest BCUT2D eigenvalue weighted by atomic mass is 31.1. The summed E-state index contributed by atoms with van der Waals surface area (Å²) in [6.45, 7) is 31.3. The van der Waals surface area contributed by atoms with Gasteiger partial charge < -0.3 is 35.7 Å². The van der Waals surface area contributed by atoms with E-state index in [1.165, 1.54) is 0 Å². The van der Waals surface area contributed by atoms with Crippen LogP contribution < -0.4 is 28.0 Å². The van der Waals surface area contributed by atoms with E-state index in [-0.39, 0.29) is 33.5 Å². The fourth-order valence-corrected chi connectivity index (χ4v) is 10.4. The van der Waals surface area contributed by atoms with Gasteiger partial charge in [-0.2, -0.15) is 0 Å². The van der Waals surface area contributed by atoms with Crippen molar-refractivity contribution in [3.8, 4) is 23.0 Å². The molecule has 0 saturated carbocycles. The lowest BCUT2D eigenvalue weighted by molar-refractivity contribution is 0.238. The highest BCUT2D eigenvalue weighted by Crippen LogP contribution is 2.47. The number of hydrogen-bond donors (Lipinski definition) is 0. The number of methoxy groups -OCH3 is 4. The number of hydrogen-bond acceptors (Lipinski definition) is 10. The minimum Gasteiger partial charge on any atom is -0.497 e. The second kappa shape index (κ2) is 18.4. The maximum Gasteiger partial charge on any atom is 0.387 e. The van der Waals surface area contributed by atoms with Crippen LogP contribution in [0.4, 0.5) is 0 Å². The van der Waals surface area contributed by atoms with Crippen LogP contribution in [-0.2, 0) is 21.7 Å². The summed E-state index contributed by atoms with van der Waals surface area (Å²) in [5.74, 6) is 3.24. The first kappa shape index (κ1) is 48.3. The smallest absolute Gasteiger partial charge is 0.387 e. The van der Waals surface area contributed by atoms with Gasteiger partial charge in [-0.3, -0.25) is 9.05 Å². The summed E-state index contributed by atoms with van der Waals surface area (Å²) in [5, 5.41) is 3.51. The standard InChI is InChI=1S/C51H70O10P2/c1-30(28-56-62-58-44-36(20-32(52-15)24-40(44)48(3,4)5)37-21-33(53-16)25-41(45(37)59-62)49(6,7)8)19-31(2)29-57-63-60-46-38(22-34(54-17)26-42(46)50(9,10)11)39-23-35(55-18)27-43(47(39)61-63)51(12,13)14/h20-27,30-31H,19,28-29H2,1-18H3. The molecule has 0 fully saturated rings. The second-order valence-electron chi connectivity index (χ2n) is 21.1. The number of ether oxygens (including phenoxy) is 4. The summed E-state index contributed by atoms with van der Waals surface area (Å²) in [7, 11) is 3.05. The van der Waals surface area contributed by atoms with Gasteiger partial charge in [0.1, 0.15) is 45.3 Å². The average Bonchev–Trinajstić information content (AvgIpc) is 3.46. The third-order valence-corrected chi connectivity index (χ3v) is 13.4. The zero-order chi connectivity index (χ0) is 46.4. The summed E-state index contributed by atoms with van der Waals surface area (Å²) in [6.07, 6.45) is 0.816. The third kappa shape index (κ3) is 10.7. The molecule has 10 nitrogen and oxygen atoms in total. The van der Waals surface area contributed by atoms with Crippen LogP contribution in [0.2, 0.25) is 0 Å². The van der Waals surface area contributed by atoms with Crippen molar-refractivity contribution in [3.63, 3.8) is 0 Å². The van der Waals surface area contributed by atoms with E-state index in [0.29, 0.717) is 13.2 Å². The van der Waals surface area contributed by atoms with E-state index in [1.54, 1.807) is 28.4 Å². The van der Waals surface area contributed by atoms with Crippen LogP contribution >= 0.6 is 16.5 Å². The monoisotopic (exact) mass is 904 g/mol. The van der Waals surface area contributed by atoms with Gasteiger partial charge in [-0.05, 0) is 88.4 Å². The van der Waals surface area contributed by atoms with Crippen LogP contribution in [0.3, 0.4) is 0 Å². The lowest BCUT2D eigenvalue weighted by Gasteiger charge is -2.21. The first-order valence-electron chi connectivity index (χ1n) is 21.8. The lowest BCUT2D eigenvalue weighted by Crippen LogP contribution is -2.15. The molecule has 0 amide bonds. The number of rotatable bonds is 12. The predicted octanol–water partition coefficient (Wildman–Crippen LogP) is 15.3. The quantitative estimate of drug-likeness (QED) is 0.118. The molecule has 0 N–H and O–H groups in total. The van der Waals surface area contributed by atoms with Crippen molar-refractivity contribution >= 4 is 60.4 Å². The van der Waals surface area contributed by atoms with Crippen molar-refractivity contribution in [2.75, 3.05) is 41.7 Å². The van der Waals surface area contributed by atoms with Crippen LogP contribution in [0.5, 0.6) is 23.0 Å². The fraction of sp³-hybridized carbons (Fsp3) is 0.529. The van der Waals surface area contributed by atoms with E-state index in [2.05, 4.69) is 121 Å². The van der Waals surface area contributed by atoms with Gasteiger partial charge in [0.25, 0.3) is 0 Å². The van der Waals surface area contributed by atoms with Crippen LogP contribution in [0, 0.1) is 11.8 Å². The van der Waals surface area contributed by atoms with Crippen LogP contribution in [0.15, 0.2) is 65.3 Å². The van der Waals surface area contributed by atoms with Gasteiger partial charge in [0, 0.05) is 43.8 Å². The topological polar surface area (TPSA) is 108 Å². The Labute approximate surface area is 376 Å². The zero-order valence-electron chi connectivity index (χ0n) is 40.9. The Kier molecular flexibility index (Phi) is 14.1. The highest BCUT2D eigenvalue weighted by molar-refractivity contribution is 7.32. The first-order chi connectivity index (χ1) is 29.4. The van der Waals surface area contributed by atoms with E-state index in [1.807, 2.05) is 24.3 Å². The molecule has 63 heavy (non-hydrogen) atoms. The molecule has 0 bridgehead atoms. The zero-order valence-corrected chi connectivity index (χ0v) is 42.7. The Morgan fingerprint density at radius 3 is 0.810 bits per heavy atom. The van der Waals surface area contributed by atoms with Crippen molar-refractivity contribution in [2.24, 2.45) is 11.8 Å². The van der Waals surface area contributed by atoms with Crippen LogP contribution in [0.25, 0.3) is 43.9 Å². The van der Waals surface area contributed by atoms with E-state index in [4.69, 9.17) is 44.8 Å². The van der Waals surface area contributed by atoms with Gasteiger partial charge in [-0.25, -0.2) is 0 Å². The molecule has 0 saturated heterocycles. The summed E-state index contributed by atoms with van der Waals surface area (Å²) < 4.78 is 64.0. The normalized spacial score (nSPS) is 13.7. The summed E-state index contributed by atoms with van der Waals surface area (Å²) >= 11 is 0. The molecular weight excluding hydrogens is 834 g/mol. The molecule has 2 atom stereocenters. The molecule has 344 valence electrons. The molecule has 2 unspecified atom stereocenters. The molecular formula is C51H70O10P2. The largest absolute Gasteiger partial charge is 0.497 e. The van der Waals surface area contributed by atoms with Crippen LogP contribution in [-0.4, -0.2) is 41.7 Å². The summed E-state index contributed by atoms with van der Waals surface area (Å²) in [6, 6.07) is 16.3. The predicted molar refractivity (Wildman–Crippen MR) is 259 cm³/mol. The van der Waals surface area contributed by atoms with Gasteiger partial charge >= 0.3 is 16.5 Å². The van der Waals surface area contributed by atoms with Gasteiger partial charge in [0.15, 0.2) is 0 Å². The van der Waals surface area contributed by atoms with Gasteiger partial charge in [-0.15, -0.1) is 0 Å². The van der Waals surface area contributed by atoms with Gasteiger partial charge in [-0.1, -0.05) is 96.9 Å². The Morgan fingerprint density at radius 1 is 0.397 bits per heavy atom. The van der Waals surface area contributed by atoms with Crippen molar-refractivity contribution in [1.82, 2.24) is 0 Å². The second-order valence-corrected chi connectivity index (χ2v) is 23.2. The van der Waals surface area contributed by atoms with E-state index < -0.39 is 16.5 Å². The van der Waals surface area contributed by atoms with Crippen molar-refractivity contribution in [1.29, 1.82) is 0 Å². The van der Waals surface area contributed by atoms with Crippen molar-refractivity contribution in [2.45, 2.75) is 125 Å². The molecule has 0 spiro atoms. The maximum absolute atomic E-state index is 6.84. The molecule has 6 aromatic rings. The molecule has 0 aliphatic carbocycles. The summed E-state index contributed by atoms with van der Waals surface area (Å²) in [5.41, 5.74) is 5.85. The Hall–Kier alpha value is -4.20. The highest BCUT2D eigenvalue weighted by Gasteiger charge is 2.28. The molecule has 2 heterocycles. The lowest BCUT2D eigenvalue weighted by atomic mass is 9.84. The van der Waals surface area contributed by atoms with Gasteiger partial charge in [0.2, 0.25) is 0 Å². The molecule has 4 aromatic carbocycles. The Morgan fingerprint density at radius 2 is 0.619 bits per heavy atom. The summed E-state index contributed by atoms with van der Waals surface area (Å²) in [4.78, 5) is 0. The Balaban J connectivity index is 1.36. The molecule has 12 heteroatoms. The van der Waals surface area contributed by atoms with Crippen molar-refractivity contribution < 1.29 is 44.8 Å². The molecule has 2 aromatic heterocycles. The van der Waals surface area contributed by atoms with E-state index in [0.717, 1.165) is 95.5 Å². The van der Waals surface area contributed by atoms with Gasteiger partial charge in [0.05, 0.1) is 41.7 Å². The SMILES string of the molecule is COc1cc(C(C)(C)C)c2op(OCC(C)CC(C)COp3oc4c(C(C)(C)C)cc(OC)cc4c4cc(OC)cc(C(C)(C)C)c4o3)oc3c(C(C)(C)C)cc(OC)cc3c2c1. The van der Waals surface area contributed by atoms with E-state index in [9.17, 15) is 0 Å². The maximum atomic E-state index is 6.84. The average molecular weight is 905 g/mol. The minimum absolute atomic E-state index is 0.140. The fourth-order valence-electron chi connectivity index (χ4n) is 7.94. The molecule has 6 rings (SSSR count). The number of fused-ring (bicyclic) bond motifs is 6. The van der Waals surface area contributed by atoms with Crippen molar-refractivity contribution in [3.05, 3.63) is 70.8 Å². The molecule has 0 aliphatic rings. The van der Waals surface area contributed by atoms with Crippen LogP contribution in [0.1, 0.15) is 126 Å².